The highest BCUT2D eigenvalue weighted by Crippen LogP contribution is 2.28. The molecule has 0 bridgehead atoms. The summed E-state index contributed by atoms with van der Waals surface area (Å²) in [6.07, 6.45) is 6.97. The Morgan fingerprint density at radius 2 is 1.60 bits per heavy atom. The van der Waals surface area contributed by atoms with Crippen LogP contribution in [0.4, 0.5) is 0 Å². The third-order valence-corrected chi connectivity index (χ3v) is 5.96. The number of hydrogen-bond acceptors (Lipinski definition) is 3. The second-order valence-electron chi connectivity index (χ2n) is 6.40. The minimum Gasteiger partial charge on any atom is -0.353 e. The molecule has 6 heteroatoms. The van der Waals surface area contributed by atoms with Gasteiger partial charge in [-0.05, 0) is 44.4 Å². The van der Waals surface area contributed by atoms with Gasteiger partial charge in [-0.25, -0.2) is 12.7 Å². The van der Waals surface area contributed by atoms with E-state index in [1.807, 2.05) is 0 Å². The Morgan fingerprint density at radius 1 is 1.05 bits per heavy atom. The first kappa shape index (κ1) is 15.8. The average Bonchev–Trinajstić information content (AvgIpc) is 2.39. The highest BCUT2D eigenvalue weighted by molar-refractivity contribution is 7.88. The summed E-state index contributed by atoms with van der Waals surface area (Å²) in [7, 11) is -3.08. The molecule has 5 nitrogen and oxygen atoms in total. The Bertz CT molecular complexity index is 433. The van der Waals surface area contributed by atoms with Crippen LogP contribution < -0.4 is 5.32 Å². The average molecular weight is 302 g/mol. The van der Waals surface area contributed by atoms with Gasteiger partial charge >= 0.3 is 0 Å². The normalized spacial score (nSPS) is 30.1. The molecule has 116 valence electrons. The van der Waals surface area contributed by atoms with Crippen LogP contribution in [-0.2, 0) is 14.8 Å². The molecule has 0 radical (unpaired) electrons. The highest BCUT2D eigenvalue weighted by atomic mass is 32.2. The maximum Gasteiger partial charge on any atom is 0.223 e. The number of rotatable bonds is 3. The molecule has 2 rings (SSSR count). The van der Waals surface area contributed by atoms with E-state index < -0.39 is 10.0 Å². The number of amides is 1. The van der Waals surface area contributed by atoms with Crippen molar-refractivity contribution in [3.63, 3.8) is 0 Å². The lowest BCUT2D eigenvalue weighted by Crippen LogP contribution is -2.47. The predicted octanol–water partition coefficient (Wildman–Crippen LogP) is 1.35. The number of carbonyl (C=O) groups is 1. The summed E-state index contributed by atoms with van der Waals surface area (Å²) >= 11 is 0. The number of piperidine rings is 1. The molecule has 1 amide bonds. The summed E-state index contributed by atoms with van der Waals surface area (Å²) in [6.45, 7) is 3.28. The number of carbonyl (C=O) groups excluding carboxylic acids is 1. The van der Waals surface area contributed by atoms with E-state index in [9.17, 15) is 13.2 Å². The third kappa shape index (κ3) is 4.19. The van der Waals surface area contributed by atoms with Crippen LogP contribution in [0.3, 0.4) is 0 Å². The summed E-state index contributed by atoms with van der Waals surface area (Å²) < 4.78 is 24.4. The van der Waals surface area contributed by atoms with E-state index in [0.717, 1.165) is 44.4 Å². The van der Waals surface area contributed by atoms with Crippen LogP contribution in [0.1, 0.15) is 45.4 Å². The topological polar surface area (TPSA) is 66.5 Å². The fourth-order valence-electron chi connectivity index (χ4n) is 3.17. The Balaban J connectivity index is 1.76. The Kier molecular flexibility index (Phi) is 5.07. The van der Waals surface area contributed by atoms with E-state index in [1.54, 1.807) is 0 Å². The number of hydrogen-bond donors (Lipinski definition) is 1. The number of nitrogens with zero attached hydrogens (tertiary/aromatic N) is 1. The lowest BCUT2D eigenvalue weighted by molar-refractivity contribution is -0.127. The molecule has 1 aliphatic heterocycles. The first-order valence-electron chi connectivity index (χ1n) is 7.61. The molecule has 20 heavy (non-hydrogen) atoms. The minimum atomic E-state index is -3.08. The molecule has 1 N–H and O–H groups in total. The maximum atomic E-state index is 12.2. The van der Waals surface area contributed by atoms with Crippen LogP contribution in [0.5, 0.6) is 0 Å². The zero-order valence-electron chi connectivity index (χ0n) is 12.5. The Hall–Kier alpha value is -0.620. The van der Waals surface area contributed by atoms with E-state index in [2.05, 4.69) is 12.2 Å². The van der Waals surface area contributed by atoms with E-state index in [0.29, 0.717) is 13.1 Å². The summed E-state index contributed by atoms with van der Waals surface area (Å²) in [4.78, 5) is 12.2. The molecule has 1 heterocycles. The molecule has 0 aromatic carbocycles. The van der Waals surface area contributed by atoms with Crippen molar-refractivity contribution >= 4 is 15.9 Å². The van der Waals surface area contributed by atoms with E-state index in [1.165, 1.54) is 10.6 Å². The zero-order valence-corrected chi connectivity index (χ0v) is 13.3. The van der Waals surface area contributed by atoms with Crippen molar-refractivity contribution < 1.29 is 13.2 Å². The predicted molar refractivity (Wildman–Crippen MR) is 78.7 cm³/mol. The molecule has 0 atom stereocenters. The van der Waals surface area contributed by atoms with Crippen molar-refractivity contribution in [1.82, 2.24) is 9.62 Å². The molecule has 0 spiro atoms. The smallest absolute Gasteiger partial charge is 0.223 e. The largest absolute Gasteiger partial charge is 0.353 e. The molecule has 1 saturated carbocycles. The van der Waals surface area contributed by atoms with Crippen molar-refractivity contribution in [1.29, 1.82) is 0 Å². The van der Waals surface area contributed by atoms with E-state index in [4.69, 9.17) is 0 Å². The highest BCUT2D eigenvalue weighted by Gasteiger charge is 2.29. The molecule has 0 unspecified atom stereocenters. The first-order valence-corrected chi connectivity index (χ1v) is 9.46. The van der Waals surface area contributed by atoms with Gasteiger partial charge in [-0.3, -0.25) is 4.79 Å². The van der Waals surface area contributed by atoms with Crippen molar-refractivity contribution in [3.05, 3.63) is 0 Å². The van der Waals surface area contributed by atoms with E-state index in [-0.39, 0.29) is 17.9 Å². The summed E-state index contributed by atoms with van der Waals surface area (Å²) in [5, 5.41) is 3.11. The van der Waals surface area contributed by atoms with Gasteiger partial charge in [0.25, 0.3) is 0 Å². The van der Waals surface area contributed by atoms with Gasteiger partial charge in [-0.1, -0.05) is 6.92 Å². The fraction of sp³-hybridized carbons (Fsp3) is 0.929. The molecule has 0 aromatic heterocycles. The van der Waals surface area contributed by atoms with Crippen molar-refractivity contribution in [2.24, 2.45) is 11.8 Å². The Morgan fingerprint density at radius 3 is 2.10 bits per heavy atom. The number of sulfonamides is 1. The standard InChI is InChI=1S/C14H26N2O3S/c1-11-3-5-12(6-4-11)14(17)15-13-7-9-16(10-8-13)20(2,18)19/h11-13H,3-10H2,1-2H3,(H,15,17). The summed E-state index contributed by atoms with van der Waals surface area (Å²) in [6, 6.07) is 0.139. The molecular weight excluding hydrogens is 276 g/mol. The van der Waals surface area contributed by atoms with Crippen LogP contribution in [0, 0.1) is 11.8 Å². The van der Waals surface area contributed by atoms with Gasteiger partial charge in [-0.15, -0.1) is 0 Å². The minimum absolute atomic E-state index is 0.139. The molecule has 1 saturated heterocycles. The SMILES string of the molecule is CC1CCC(C(=O)NC2CCN(S(C)(=O)=O)CC2)CC1. The summed E-state index contributed by atoms with van der Waals surface area (Å²) in [5.41, 5.74) is 0. The van der Waals surface area contributed by atoms with Gasteiger partial charge in [0.15, 0.2) is 0 Å². The van der Waals surface area contributed by atoms with Crippen LogP contribution in [0.2, 0.25) is 0 Å². The van der Waals surface area contributed by atoms with Crippen LogP contribution >= 0.6 is 0 Å². The lowest BCUT2D eigenvalue weighted by atomic mass is 9.82. The van der Waals surface area contributed by atoms with Crippen LogP contribution in [0.25, 0.3) is 0 Å². The molecule has 0 aromatic rings. The zero-order chi connectivity index (χ0) is 14.8. The quantitative estimate of drug-likeness (QED) is 0.856. The fourth-order valence-corrected chi connectivity index (χ4v) is 4.05. The Labute approximate surface area is 122 Å². The monoisotopic (exact) mass is 302 g/mol. The van der Waals surface area contributed by atoms with Gasteiger partial charge in [0.05, 0.1) is 6.26 Å². The van der Waals surface area contributed by atoms with Gasteiger partial charge in [0.1, 0.15) is 0 Å². The van der Waals surface area contributed by atoms with Crippen LogP contribution in [-0.4, -0.2) is 44.0 Å². The molecule has 2 aliphatic rings. The van der Waals surface area contributed by atoms with Crippen molar-refractivity contribution in [3.8, 4) is 0 Å². The van der Waals surface area contributed by atoms with Crippen LogP contribution in [0.15, 0.2) is 0 Å². The lowest BCUT2D eigenvalue weighted by Gasteiger charge is -2.32. The molecular formula is C14H26N2O3S. The van der Waals surface area contributed by atoms with Gasteiger partial charge < -0.3 is 5.32 Å². The molecule has 1 aliphatic carbocycles. The summed E-state index contributed by atoms with van der Waals surface area (Å²) in [5.74, 6) is 1.09. The number of nitrogens with one attached hydrogen (secondary N) is 1. The van der Waals surface area contributed by atoms with Gasteiger partial charge in [-0.2, -0.15) is 0 Å². The maximum absolute atomic E-state index is 12.2. The second kappa shape index (κ2) is 6.43. The van der Waals surface area contributed by atoms with E-state index >= 15 is 0 Å². The van der Waals surface area contributed by atoms with Gasteiger partial charge in [0, 0.05) is 25.0 Å². The second-order valence-corrected chi connectivity index (χ2v) is 8.38. The molecule has 2 fully saturated rings. The first-order chi connectivity index (χ1) is 9.36. The van der Waals surface area contributed by atoms with Crippen molar-refractivity contribution in [2.75, 3.05) is 19.3 Å². The third-order valence-electron chi connectivity index (χ3n) is 4.66. The van der Waals surface area contributed by atoms with Crippen molar-refractivity contribution in [2.45, 2.75) is 51.5 Å². The van der Waals surface area contributed by atoms with Gasteiger partial charge in [0.2, 0.25) is 15.9 Å².